The maximum absolute atomic E-state index is 11.3. The van der Waals surface area contributed by atoms with Gasteiger partial charge >= 0.3 is 5.97 Å². The first-order valence-electron chi connectivity index (χ1n) is 7.00. The highest BCUT2D eigenvalue weighted by atomic mass is 16.4. The number of carbonyl (C=O) groups is 1. The summed E-state index contributed by atoms with van der Waals surface area (Å²) >= 11 is 0. The van der Waals surface area contributed by atoms with Gasteiger partial charge in [-0.2, -0.15) is 0 Å². The second-order valence-corrected chi connectivity index (χ2v) is 5.53. The number of piperidine rings is 1. The van der Waals surface area contributed by atoms with Crippen LogP contribution >= 0.6 is 0 Å². The molecule has 2 aliphatic rings. The predicted octanol–water partition coefficient (Wildman–Crippen LogP) is 1.32. The van der Waals surface area contributed by atoms with Crippen molar-refractivity contribution in [2.24, 2.45) is 5.92 Å². The van der Waals surface area contributed by atoms with Gasteiger partial charge in [0.15, 0.2) is 0 Å². The van der Waals surface area contributed by atoms with E-state index in [2.05, 4.69) is 34.5 Å². The predicted molar refractivity (Wildman–Crippen MR) is 72.8 cm³/mol. The van der Waals surface area contributed by atoms with Crippen molar-refractivity contribution >= 4 is 5.97 Å². The van der Waals surface area contributed by atoms with Crippen LogP contribution in [0.5, 0.6) is 0 Å². The van der Waals surface area contributed by atoms with Crippen LogP contribution in [0.1, 0.15) is 18.4 Å². The Labute approximate surface area is 113 Å². The molecule has 0 aromatic heterocycles. The monoisotopic (exact) mass is 260 g/mol. The Hall–Kier alpha value is -1.39. The van der Waals surface area contributed by atoms with E-state index in [9.17, 15) is 9.90 Å². The van der Waals surface area contributed by atoms with Gasteiger partial charge in [-0.25, -0.2) is 0 Å². The summed E-state index contributed by atoms with van der Waals surface area (Å²) in [6.07, 6.45) is 1.80. The maximum atomic E-state index is 11.3. The summed E-state index contributed by atoms with van der Waals surface area (Å²) in [5, 5.41) is 12.7. The lowest BCUT2D eigenvalue weighted by molar-refractivity contribution is -0.145. The van der Waals surface area contributed by atoms with Crippen molar-refractivity contribution in [3.63, 3.8) is 0 Å². The third kappa shape index (κ3) is 2.51. The van der Waals surface area contributed by atoms with E-state index in [0.29, 0.717) is 6.04 Å². The molecule has 0 aliphatic carbocycles. The van der Waals surface area contributed by atoms with Gasteiger partial charge in [0.2, 0.25) is 0 Å². The Kier molecular flexibility index (Phi) is 3.53. The second kappa shape index (κ2) is 5.31. The first kappa shape index (κ1) is 12.6. The van der Waals surface area contributed by atoms with Gasteiger partial charge in [-0.3, -0.25) is 9.69 Å². The number of carboxylic acids is 1. The molecular formula is C15H20N2O2. The summed E-state index contributed by atoms with van der Waals surface area (Å²) < 4.78 is 0. The lowest BCUT2D eigenvalue weighted by Crippen LogP contribution is -2.54. The van der Waals surface area contributed by atoms with E-state index in [-0.39, 0.29) is 12.0 Å². The summed E-state index contributed by atoms with van der Waals surface area (Å²) in [7, 11) is 0. The van der Waals surface area contributed by atoms with E-state index in [4.69, 9.17) is 0 Å². The average molecular weight is 260 g/mol. The van der Waals surface area contributed by atoms with Crippen LogP contribution in [0.25, 0.3) is 0 Å². The Morgan fingerprint density at radius 3 is 2.84 bits per heavy atom. The summed E-state index contributed by atoms with van der Waals surface area (Å²) in [4.78, 5) is 13.7. The van der Waals surface area contributed by atoms with Crippen molar-refractivity contribution in [1.29, 1.82) is 0 Å². The van der Waals surface area contributed by atoms with E-state index < -0.39 is 5.97 Å². The molecule has 2 fully saturated rings. The number of hydrogen-bond acceptors (Lipinski definition) is 3. The molecule has 4 heteroatoms. The van der Waals surface area contributed by atoms with Crippen LogP contribution < -0.4 is 5.32 Å². The molecule has 0 amide bonds. The Bertz CT molecular complexity index is 449. The fourth-order valence-corrected chi connectivity index (χ4v) is 3.48. The van der Waals surface area contributed by atoms with Crippen LogP contribution in [-0.2, 0) is 11.3 Å². The number of likely N-dealkylation sites (tertiary alicyclic amines) is 1. The van der Waals surface area contributed by atoms with Crippen LogP contribution in [0, 0.1) is 5.92 Å². The highest BCUT2D eigenvalue weighted by Gasteiger charge is 2.43. The van der Waals surface area contributed by atoms with Gasteiger partial charge in [-0.15, -0.1) is 0 Å². The molecule has 3 unspecified atom stereocenters. The van der Waals surface area contributed by atoms with Crippen LogP contribution in [0.4, 0.5) is 0 Å². The van der Waals surface area contributed by atoms with Gasteiger partial charge in [0.05, 0.1) is 5.92 Å². The van der Waals surface area contributed by atoms with Gasteiger partial charge in [0, 0.05) is 18.6 Å². The summed E-state index contributed by atoms with van der Waals surface area (Å²) in [5.41, 5.74) is 1.31. The van der Waals surface area contributed by atoms with Crippen molar-refractivity contribution in [3.05, 3.63) is 35.9 Å². The number of hydrogen-bond donors (Lipinski definition) is 2. The van der Waals surface area contributed by atoms with E-state index in [1.807, 2.05) is 6.07 Å². The fraction of sp³-hybridized carbons (Fsp3) is 0.533. The largest absolute Gasteiger partial charge is 0.481 e. The molecule has 0 bridgehead atoms. The topological polar surface area (TPSA) is 52.6 Å². The standard InChI is InChI=1S/C15H20N2O2/c18-15(19)12-7-9-17(13-6-8-16-14(12)13)10-11-4-2-1-3-5-11/h1-5,12-14,16H,6-10H2,(H,18,19). The Morgan fingerprint density at radius 2 is 2.11 bits per heavy atom. The highest BCUT2D eigenvalue weighted by molar-refractivity contribution is 5.71. The normalized spacial score (nSPS) is 31.1. The third-order valence-electron chi connectivity index (χ3n) is 4.41. The first-order chi connectivity index (χ1) is 9.25. The quantitative estimate of drug-likeness (QED) is 0.860. The SMILES string of the molecule is O=C(O)C1CCN(Cc2ccccc2)C2CCNC12. The molecule has 1 aromatic rings. The number of carboxylic acid groups (broad SMARTS) is 1. The number of nitrogens with zero attached hydrogens (tertiary/aromatic N) is 1. The molecule has 1 aromatic carbocycles. The van der Waals surface area contributed by atoms with Crippen molar-refractivity contribution < 1.29 is 9.90 Å². The highest BCUT2D eigenvalue weighted by Crippen LogP contribution is 2.30. The Morgan fingerprint density at radius 1 is 1.32 bits per heavy atom. The summed E-state index contributed by atoms with van der Waals surface area (Å²) in [6.45, 7) is 2.75. The minimum absolute atomic E-state index is 0.120. The van der Waals surface area contributed by atoms with Crippen LogP contribution in [0.3, 0.4) is 0 Å². The molecule has 2 heterocycles. The van der Waals surface area contributed by atoms with Crippen molar-refractivity contribution in [1.82, 2.24) is 10.2 Å². The lowest BCUT2D eigenvalue weighted by atomic mass is 9.86. The minimum atomic E-state index is -0.649. The zero-order valence-electron chi connectivity index (χ0n) is 11.0. The van der Waals surface area contributed by atoms with Gasteiger partial charge in [0.25, 0.3) is 0 Å². The molecule has 0 saturated carbocycles. The maximum Gasteiger partial charge on any atom is 0.308 e. The number of fused-ring (bicyclic) bond motifs is 1. The van der Waals surface area contributed by atoms with Crippen molar-refractivity contribution in [2.45, 2.75) is 31.5 Å². The zero-order valence-corrected chi connectivity index (χ0v) is 11.0. The van der Waals surface area contributed by atoms with Crippen LogP contribution in [0.2, 0.25) is 0 Å². The average Bonchev–Trinajstić information content (AvgIpc) is 2.89. The smallest absolute Gasteiger partial charge is 0.308 e. The minimum Gasteiger partial charge on any atom is -0.481 e. The molecule has 0 spiro atoms. The molecule has 2 aliphatic heterocycles. The molecule has 19 heavy (non-hydrogen) atoms. The third-order valence-corrected chi connectivity index (χ3v) is 4.41. The molecular weight excluding hydrogens is 240 g/mol. The van der Waals surface area contributed by atoms with E-state index in [1.54, 1.807) is 0 Å². The van der Waals surface area contributed by atoms with Gasteiger partial charge in [0.1, 0.15) is 0 Å². The summed E-state index contributed by atoms with van der Waals surface area (Å²) in [6, 6.07) is 10.9. The first-order valence-corrected chi connectivity index (χ1v) is 7.00. The van der Waals surface area contributed by atoms with Gasteiger partial charge in [-0.05, 0) is 31.5 Å². The molecule has 0 radical (unpaired) electrons. The number of nitrogens with one attached hydrogen (secondary N) is 1. The zero-order chi connectivity index (χ0) is 13.2. The molecule has 102 valence electrons. The lowest BCUT2D eigenvalue weighted by Gasteiger charge is -2.40. The Balaban J connectivity index is 1.73. The molecule has 2 saturated heterocycles. The van der Waals surface area contributed by atoms with E-state index >= 15 is 0 Å². The molecule has 2 N–H and O–H groups in total. The van der Waals surface area contributed by atoms with Crippen molar-refractivity contribution in [3.8, 4) is 0 Å². The van der Waals surface area contributed by atoms with Crippen LogP contribution in [0.15, 0.2) is 30.3 Å². The summed E-state index contributed by atoms with van der Waals surface area (Å²) in [5.74, 6) is -0.872. The van der Waals surface area contributed by atoms with Gasteiger partial charge in [-0.1, -0.05) is 30.3 Å². The molecule has 3 rings (SSSR count). The van der Waals surface area contributed by atoms with Crippen molar-refractivity contribution in [2.75, 3.05) is 13.1 Å². The van der Waals surface area contributed by atoms with E-state index in [0.717, 1.165) is 32.5 Å². The number of rotatable bonds is 3. The van der Waals surface area contributed by atoms with E-state index in [1.165, 1.54) is 5.56 Å². The second-order valence-electron chi connectivity index (χ2n) is 5.53. The number of aliphatic carboxylic acids is 1. The van der Waals surface area contributed by atoms with Gasteiger partial charge < -0.3 is 10.4 Å². The fourth-order valence-electron chi connectivity index (χ4n) is 3.48. The molecule has 3 atom stereocenters. The number of benzene rings is 1. The van der Waals surface area contributed by atoms with Crippen LogP contribution in [-0.4, -0.2) is 41.1 Å². The molecule has 4 nitrogen and oxygen atoms in total.